The molecule has 2 aromatic carbocycles. The van der Waals surface area contributed by atoms with E-state index in [1.807, 2.05) is 31.2 Å². The summed E-state index contributed by atoms with van der Waals surface area (Å²) in [5, 5.41) is 11.4. The number of hydrogen-bond acceptors (Lipinski definition) is 5. The highest BCUT2D eigenvalue weighted by molar-refractivity contribution is 5.83. The SMILES string of the molecule is CC(=N)NCC[C@@H]1CCCC[C@@H](c2ccc(-n3cc4cc(-c5cc(CCC[C@H](C)N)cc(C(F)(F)F)c5)[nH]c4nc3=O)cc2)N1CCCF. The number of aromatic amines is 1. The van der Waals surface area contributed by atoms with Crippen LogP contribution >= 0.6 is 0 Å². The molecular weight excluding hydrogens is 634 g/mol. The number of alkyl halides is 4. The van der Waals surface area contributed by atoms with E-state index in [0.717, 1.165) is 43.7 Å². The van der Waals surface area contributed by atoms with Gasteiger partial charge in [-0.1, -0.05) is 25.0 Å². The molecule has 1 fully saturated rings. The molecule has 12 heteroatoms. The Balaban J connectivity index is 1.42. The van der Waals surface area contributed by atoms with Crippen LogP contribution in [-0.2, 0) is 12.6 Å². The van der Waals surface area contributed by atoms with Crippen molar-refractivity contribution in [2.45, 2.75) is 95.9 Å². The molecule has 2 aromatic heterocycles. The van der Waals surface area contributed by atoms with E-state index < -0.39 is 17.4 Å². The molecular formula is C37H47F4N7O. The maximum atomic E-state index is 13.8. The highest BCUT2D eigenvalue weighted by Crippen LogP contribution is 2.36. The predicted molar refractivity (Wildman–Crippen MR) is 187 cm³/mol. The lowest BCUT2D eigenvalue weighted by atomic mass is 9.99. The van der Waals surface area contributed by atoms with Crippen LogP contribution in [0.1, 0.15) is 87.9 Å². The van der Waals surface area contributed by atoms with Gasteiger partial charge in [-0.25, -0.2) is 4.79 Å². The summed E-state index contributed by atoms with van der Waals surface area (Å²) < 4.78 is 56.3. The van der Waals surface area contributed by atoms with Crippen molar-refractivity contribution in [2.75, 3.05) is 19.8 Å². The van der Waals surface area contributed by atoms with Crippen molar-refractivity contribution in [3.63, 3.8) is 0 Å². The molecule has 1 aliphatic heterocycles. The first-order chi connectivity index (χ1) is 23.4. The number of fused-ring (bicyclic) bond motifs is 1. The summed E-state index contributed by atoms with van der Waals surface area (Å²) in [6, 6.07) is 13.9. The minimum absolute atomic E-state index is 0.0311. The summed E-state index contributed by atoms with van der Waals surface area (Å²) in [5.41, 5.74) is 7.99. The maximum absolute atomic E-state index is 13.8. The summed E-state index contributed by atoms with van der Waals surface area (Å²) in [5.74, 6) is 0.434. The Morgan fingerprint density at radius 1 is 1.12 bits per heavy atom. The van der Waals surface area contributed by atoms with Gasteiger partial charge in [0.05, 0.1) is 23.8 Å². The predicted octanol–water partition coefficient (Wildman–Crippen LogP) is 7.69. The lowest BCUT2D eigenvalue weighted by Gasteiger charge is -2.37. The molecule has 0 spiro atoms. The first kappa shape index (κ1) is 36.3. The fourth-order valence-electron chi connectivity index (χ4n) is 6.95. The fraction of sp³-hybridized carbons (Fsp3) is 0.486. The number of nitrogens with one attached hydrogen (secondary N) is 3. The zero-order valence-corrected chi connectivity index (χ0v) is 28.3. The Morgan fingerprint density at radius 2 is 1.88 bits per heavy atom. The molecule has 5 N–H and O–H groups in total. The third-order valence-corrected chi connectivity index (χ3v) is 9.37. The van der Waals surface area contributed by atoms with Crippen molar-refractivity contribution in [2.24, 2.45) is 5.73 Å². The molecule has 8 nitrogen and oxygen atoms in total. The Morgan fingerprint density at radius 3 is 2.57 bits per heavy atom. The van der Waals surface area contributed by atoms with Gasteiger partial charge in [0.2, 0.25) is 0 Å². The summed E-state index contributed by atoms with van der Waals surface area (Å²) in [6.45, 7) is 4.56. The normalized spacial score (nSPS) is 18.0. The minimum Gasteiger partial charge on any atom is -0.374 e. The topological polar surface area (TPSA) is 116 Å². The second-order valence-corrected chi connectivity index (χ2v) is 13.3. The van der Waals surface area contributed by atoms with Gasteiger partial charge in [0.1, 0.15) is 5.65 Å². The molecule has 3 heterocycles. The van der Waals surface area contributed by atoms with Crippen molar-refractivity contribution in [3.05, 3.63) is 81.9 Å². The number of hydrogen-bond donors (Lipinski definition) is 4. The number of nitrogens with zero attached hydrogens (tertiary/aromatic N) is 3. The number of nitrogens with two attached hydrogens (primary N) is 1. The highest BCUT2D eigenvalue weighted by atomic mass is 19.4. The van der Waals surface area contributed by atoms with E-state index in [2.05, 4.69) is 20.2 Å². The molecule has 0 unspecified atom stereocenters. The third-order valence-electron chi connectivity index (χ3n) is 9.37. The lowest BCUT2D eigenvalue weighted by Crippen LogP contribution is -2.40. The quantitative estimate of drug-likeness (QED) is 0.0656. The van der Waals surface area contributed by atoms with E-state index in [1.165, 1.54) is 10.6 Å². The summed E-state index contributed by atoms with van der Waals surface area (Å²) in [4.78, 5) is 22.9. The average molecular weight is 682 g/mol. The van der Waals surface area contributed by atoms with E-state index in [0.29, 0.717) is 78.2 Å². The summed E-state index contributed by atoms with van der Waals surface area (Å²) in [7, 11) is 0. The number of halogens is 4. The second-order valence-electron chi connectivity index (χ2n) is 13.3. The van der Waals surface area contributed by atoms with Crippen LogP contribution in [0, 0.1) is 5.41 Å². The zero-order valence-electron chi connectivity index (χ0n) is 28.3. The Hall–Kier alpha value is -4.03. The first-order valence-electron chi connectivity index (χ1n) is 17.2. The molecule has 0 aliphatic carbocycles. The number of aromatic nitrogens is 3. The van der Waals surface area contributed by atoms with E-state index >= 15 is 0 Å². The van der Waals surface area contributed by atoms with Gasteiger partial charge in [-0.2, -0.15) is 18.2 Å². The largest absolute Gasteiger partial charge is 0.416 e. The fourth-order valence-corrected chi connectivity index (χ4v) is 6.95. The molecule has 0 amide bonds. The number of rotatable bonds is 13. The molecule has 1 saturated heterocycles. The maximum Gasteiger partial charge on any atom is 0.416 e. The third kappa shape index (κ3) is 9.36. The van der Waals surface area contributed by atoms with Gasteiger partial charge >= 0.3 is 11.9 Å². The smallest absolute Gasteiger partial charge is 0.374 e. The van der Waals surface area contributed by atoms with Gasteiger partial charge in [-0.05, 0) is 112 Å². The van der Waals surface area contributed by atoms with Crippen molar-refractivity contribution < 1.29 is 17.6 Å². The van der Waals surface area contributed by atoms with Gasteiger partial charge in [0.25, 0.3) is 0 Å². The van der Waals surface area contributed by atoms with Gasteiger partial charge in [-0.3, -0.25) is 19.3 Å². The van der Waals surface area contributed by atoms with Crippen LogP contribution in [-0.4, -0.2) is 57.1 Å². The average Bonchev–Trinajstić information content (AvgIpc) is 3.36. The van der Waals surface area contributed by atoms with Crippen LogP contribution in [0.15, 0.2) is 59.5 Å². The van der Waals surface area contributed by atoms with E-state index in [9.17, 15) is 22.4 Å². The second kappa shape index (κ2) is 16.1. The summed E-state index contributed by atoms with van der Waals surface area (Å²) >= 11 is 0. The molecule has 49 heavy (non-hydrogen) atoms. The molecule has 0 bridgehead atoms. The van der Waals surface area contributed by atoms with Crippen LogP contribution in [0.2, 0.25) is 0 Å². The zero-order chi connectivity index (χ0) is 35.1. The lowest BCUT2D eigenvalue weighted by molar-refractivity contribution is -0.137. The van der Waals surface area contributed by atoms with Crippen LogP contribution < -0.4 is 16.7 Å². The van der Waals surface area contributed by atoms with Crippen LogP contribution in [0.3, 0.4) is 0 Å². The number of likely N-dealkylation sites (tertiary alicyclic amines) is 1. The van der Waals surface area contributed by atoms with Crippen molar-refractivity contribution in [3.8, 4) is 16.9 Å². The van der Waals surface area contributed by atoms with E-state index in [4.69, 9.17) is 11.1 Å². The first-order valence-corrected chi connectivity index (χ1v) is 17.2. The van der Waals surface area contributed by atoms with Crippen molar-refractivity contribution in [1.82, 2.24) is 24.8 Å². The van der Waals surface area contributed by atoms with Crippen LogP contribution in [0.4, 0.5) is 17.6 Å². The number of aryl methyl sites for hydroxylation is 1. The molecule has 3 atom stereocenters. The van der Waals surface area contributed by atoms with Gasteiger partial charge in [0.15, 0.2) is 0 Å². The highest BCUT2D eigenvalue weighted by Gasteiger charge is 2.32. The van der Waals surface area contributed by atoms with Crippen LogP contribution in [0.5, 0.6) is 0 Å². The van der Waals surface area contributed by atoms with Gasteiger partial charge < -0.3 is 16.0 Å². The monoisotopic (exact) mass is 681 g/mol. The van der Waals surface area contributed by atoms with E-state index in [1.54, 1.807) is 25.3 Å². The van der Waals surface area contributed by atoms with Crippen molar-refractivity contribution >= 4 is 16.9 Å². The Bertz CT molecular complexity index is 1760. The standard InChI is InChI=1S/C37H47F4N7O/c1-24(42)7-5-8-26-19-28(21-30(20-26)37(39,40)41)33-22-29-23-48(36(49)46-35(29)45-33)32-13-11-27(12-14-32)34-10-4-3-9-31(15-17-44-25(2)43)47(34)18-6-16-38/h11-14,19-24,31,34H,3-10,15-18,42H2,1-2H3,(H2,43,44)(H,45,46,49)/t24-,31-,34-/m0/s1. The van der Waals surface area contributed by atoms with Crippen LogP contribution in [0.25, 0.3) is 28.0 Å². The molecule has 1 aliphatic rings. The van der Waals surface area contributed by atoms with E-state index in [-0.39, 0.29) is 24.8 Å². The Labute approximate surface area is 284 Å². The molecule has 0 saturated carbocycles. The molecule has 4 aromatic rings. The number of H-pyrrole nitrogens is 1. The molecule has 5 rings (SSSR count). The van der Waals surface area contributed by atoms with Gasteiger partial charge in [-0.15, -0.1) is 0 Å². The van der Waals surface area contributed by atoms with Gasteiger partial charge in [0, 0.05) is 48.5 Å². The molecule has 264 valence electrons. The number of amidine groups is 1. The molecule has 0 radical (unpaired) electrons. The Kier molecular flexibility index (Phi) is 11.9. The van der Waals surface area contributed by atoms with Crippen molar-refractivity contribution in [1.29, 1.82) is 5.41 Å². The number of benzene rings is 2. The minimum atomic E-state index is -4.51. The summed E-state index contributed by atoms with van der Waals surface area (Å²) in [6.07, 6.45) is 4.43.